The summed E-state index contributed by atoms with van der Waals surface area (Å²) >= 11 is 0. The maximum atomic E-state index is 5.25. The average molecular weight is 219 g/mol. The van der Waals surface area contributed by atoms with Crippen LogP contribution in [0.1, 0.15) is 31.4 Å². The second-order valence-electron chi connectivity index (χ2n) is 5.43. The van der Waals surface area contributed by atoms with Crippen molar-refractivity contribution in [3.8, 4) is 5.75 Å². The number of ether oxygens (including phenoxy) is 1. The number of aryl methyl sites for hydroxylation is 1. The van der Waals surface area contributed by atoms with E-state index in [0.29, 0.717) is 11.5 Å². The van der Waals surface area contributed by atoms with Crippen LogP contribution in [0.25, 0.3) is 0 Å². The van der Waals surface area contributed by atoms with Crippen LogP contribution in [0.15, 0.2) is 18.2 Å². The lowest BCUT2D eigenvalue weighted by molar-refractivity contribution is 0.411. The van der Waals surface area contributed by atoms with Crippen molar-refractivity contribution in [1.29, 1.82) is 0 Å². The molecule has 2 heteroatoms. The number of benzene rings is 1. The van der Waals surface area contributed by atoms with Gasteiger partial charge in [-0.25, -0.2) is 0 Å². The lowest BCUT2D eigenvalue weighted by atomic mass is 10.1. The van der Waals surface area contributed by atoms with Crippen LogP contribution in [0.5, 0.6) is 5.75 Å². The summed E-state index contributed by atoms with van der Waals surface area (Å²) in [6, 6.07) is 7.06. The third-order valence-electron chi connectivity index (χ3n) is 3.53. The molecule has 0 bridgehead atoms. The van der Waals surface area contributed by atoms with Gasteiger partial charge in [0.05, 0.1) is 7.11 Å². The second kappa shape index (κ2) is 4.10. The monoisotopic (exact) mass is 219 g/mol. The van der Waals surface area contributed by atoms with Gasteiger partial charge in [-0.2, -0.15) is 0 Å². The highest BCUT2D eigenvalue weighted by molar-refractivity contribution is 5.36. The van der Waals surface area contributed by atoms with Gasteiger partial charge in [0.25, 0.3) is 0 Å². The predicted octanol–water partition coefficient (Wildman–Crippen LogP) is 2.89. The van der Waals surface area contributed by atoms with Gasteiger partial charge in [0.15, 0.2) is 0 Å². The quantitative estimate of drug-likeness (QED) is 0.840. The molecule has 16 heavy (non-hydrogen) atoms. The zero-order valence-corrected chi connectivity index (χ0v) is 10.6. The minimum Gasteiger partial charge on any atom is -0.496 e. The average Bonchev–Trinajstić information content (AvgIpc) is 2.84. The summed E-state index contributed by atoms with van der Waals surface area (Å²) in [6.45, 7) is 7.66. The zero-order chi connectivity index (χ0) is 11.8. The van der Waals surface area contributed by atoms with Crippen molar-refractivity contribution in [3.05, 3.63) is 29.3 Å². The van der Waals surface area contributed by atoms with E-state index in [1.165, 1.54) is 17.5 Å². The van der Waals surface area contributed by atoms with Crippen LogP contribution in [0, 0.1) is 12.3 Å². The molecule has 1 fully saturated rings. The van der Waals surface area contributed by atoms with Crippen LogP contribution in [-0.4, -0.2) is 13.2 Å². The van der Waals surface area contributed by atoms with Gasteiger partial charge in [0.1, 0.15) is 5.75 Å². The van der Waals surface area contributed by atoms with E-state index in [0.717, 1.165) is 12.3 Å². The van der Waals surface area contributed by atoms with Crippen molar-refractivity contribution < 1.29 is 4.74 Å². The van der Waals surface area contributed by atoms with Gasteiger partial charge in [-0.1, -0.05) is 26.0 Å². The molecule has 0 heterocycles. The molecule has 1 aromatic carbocycles. The smallest absolute Gasteiger partial charge is 0.121 e. The first-order valence-electron chi connectivity index (χ1n) is 5.90. The molecule has 1 atom stereocenters. The van der Waals surface area contributed by atoms with E-state index in [1.54, 1.807) is 7.11 Å². The number of hydrogen-bond donors (Lipinski definition) is 1. The van der Waals surface area contributed by atoms with Gasteiger partial charge in [0, 0.05) is 12.6 Å². The van der Waals surface area contributed by atoms with E-state index in [1.807, 2.05) is 6.07 Å². The molecule has 1 aliphatic rings. The maximum absolute atomic E-state index is 5.25. The molecule has 2 nitrogen and oxygen atoms in total. The molecule has 1 N–H and O–H groups in total. The molecule has 1 saturated carbocycles. The molecule has 0 amide bonds. The highest BCUT2D eigenvalue weighted by Crippen LogP contribution is 2.44. The fourth-order valence-electron chi connectivity index (χ4n) is 2.11. The second-order valence-corrected chi connectivity index (χ2v) is 5.43. The molecule has 2 rings (SSSR count). The molecule has 0 radical (unpaired) electrons. The zero-order valence-electron chi connectivity index (χ0n) is 10.6. The Morgan fingerprint density at radius 1 is 1.44 bits per heavy atom. The van der Waals surface area contributed by atoms with Crippen LogP contribution >= 0.6 is 0 Å². The minimum absolute atomic E-state index is 0.502. The van der Waals surface area contributed by atoms with Crippen LogP contribution in [-0.2, 0) is 6.54 Å². The molecule has 1 unspecified atom stereocenters. The topological polar surface area (TPSA) is 21.3 Å². The van der Waals surface area contributed by atoms with Crippen molar-refractivity contribution in [2.75, 3.05) is 7.11 Å². The molecule has 0 aromatic heterocycles. The van der Waals surface area contributed by atoms with Crippen LogP contribution in [0.2, 0.25) is 0 Å². The number of methoxy groups -OCH3 is 1. The Hall–Kier alpha value is -1.02. The fraction of sp³-hybridized carbons (Fsp3) is 0.571. The van der Waals surface area contributed by atoms with E-state index >= 15 is 0 Å². The summed E-state index contributed by atoms with van der Waals surface area (Å²) in [4.78, 5) is 0. The highest BCUT2D eigenvalue weighted by atomic mass is 16.5. The Labute approximate surface area is 98.0 Å². The Morgan fingerprint density at radius 2 is 2.12 bits per heavy atom. The molecule has 0 spiro atoms. The third kappa shape index (κ3) is 2.38. The lowest BCUT2D eigenvalue weighted by Gasteiger charge is -2.09. The normalized spacial score (nSPS) is 21.9. The molecule has 1 aliphatic carbocycles. The van der Waals surface area contributed by atoms with E-state index in [9.17, 15) is 0 Å². The van der Waals surface area contributed by atoms with Gasteiger partial charge >= 0.3 is 0 Å². The van der Waals surface area contributed by atoms with Crippen LogP contribution in [0.4, 0.5) is 0 Å². The Balaban J connectivity index is 1.93. The molecule has 88 valence electrons. The van der Waals surface area contributed by atoms with Crippen LogP contribution in [0.3, 0.4) is 0 Å². The van der Waals surface area contributed by atoms with Gasteiger partial charge in [-0.05, 0) is 36.0 Å². The van der Waals surface area contributed by atoms with Gasteiger partial charge in [-0.3, -0.25) is 0 Å². The predicted molar refractivity (Wildman–Crippen MR) is 66.8 cm³/mol. The molecule has 0 saturated heterocycles. The SMILES string of the molecule is COc1ccc(CNC2CC2(C)C)cc1C. The van der Waals surface area contributed by atoms with Gasteiger partial charge < -0.3 is 10.1 Å². The van der Waals surface area contributed by atoms with Crippen molar-refractivity contribution in [1.82, 2.24) is 5.32 Å². The molecule has 1 aromatic rings. The first-order chi connectivity index (χ1) is 7.53. The Bertz CT molecular complexity index is 384. The van der Waals surface area contributed by atoms with E-state index in [-0.39, 0.29) is 0 Å². The van der Waals surface area contributed by atoms with Gasteiger partial charge in [0.2, 0.25) is 0 Å². The summed E-state index contributed by atoms with van der Waals surface area (Å²) in [5.74, 6) is 0.968. The Kier molecular flexibility index (Phi) is 2.94. The lowest BCUT2D eigenvalue weighted by Crippen LogP contribution is -2.19. The van der Waals surface area contributed by atoms with Gasteiger partial charge in [-0.15, -0.1) is 0 Å². The minimum atomic E-state index is 0.502. The summed E-state index contributed by atoms with van der Waals surface area (Å²) in [5.41, 5.74) is 3.04. The highest BCUT2D eigenvalue weighted by Gasteiger charge is 2.44. The first kappa shape index (κ1) is 11.5. The first-order valence-corrected chi connectivity index (χ1v) is 5.90. The van der Waals surface area contributed by atoms with Crippen LogP contribution < -0.4 is 10.1 Å². The van der Waals surface area contributed by atoms with E-state index in [2.05, 4.69) is 38.2 Å². The summed E-state index contributed by atoms with van der Waals surface area (Å²) in [7, 11) is 1.72. The maximum Gasteiger partial charge on any atom is 0.121 e. The van der Waals surface area contributed by atoms with Crippen molar-refractivity contribution in [2.24, 2.45) is 5.41 Å². The molecule has 0 aliphatic heterocycles. The number of hydrogen-bond acceptors (Lipinski definition) is 2. The van der Waals surface area contributed by atoms with Crippen molar-refractivity contribution in [2.45, 2.75) is 39.8 Å². The van der Waals surface area contributed by atoms with Crippen molar-refractivity contribution >= 4 is 0 Å². The van der Waals surface area contributed by atoms with E-state index in [4.69, 9.17) is 4.74 Å². The third-order valence-corrected chi connectivity index (χ3v) is 3.53. The molecular weight excluding hydrogens is 198 g/mol. The summed E-state index contributed by atoms with van der Waals surface area (Å²) < 4.78 is 5.25. The fourth-order valence-corrected chi connectivity index (χ4v) is 2.11. The standard InChI is InChI=1S/C14H21NO/c1-10-7-11(5-6-12(10)16-4)9-15-13-8-14(13,2)3/h5-7,13,15H,8-9H2,1-4H3. The Morgan fingerprint density at radius 3 is 2.62 bits per heavy atom. The largest absolute Gasteiger partial charge is 0.496 e. The van der Waals surface area contributed by atoms with Crippen molar-refractivity contribution in [3.63, 3.8) is 0 Å². The summed E-state index contributed by atoms with van der Waals surface area (Å²) in [5, 5.41) is 3.59. The number of nitrogens with one attached hydrogen (secondary N) is 1. The van der Waals surface area contributed by atoms with E-state index < -0.39 is 0 Å². The summed E-state index contributed by atoms with van der Waals surface area (Å²) in [6.07, 6.45) is 1.29. The molecular formula is C14H21NO. The number of rotatable bonds is 4.